The first kappa shape index (κ1) is 15.2. The number of nitrogens with one attached hydrogen (secondary N) is 1. The second kappa shape index (κ2) is 5.86. The molecule has 0 aromatic heterocycles. The highest BCUT2D eigenvalue weighted by molar-refractivity contribution is 5.96. The topological polar surface area (TPSA) is 86.7 Å². The Hall–Kier alpha value is -1.85. The van der Waals surface area contributed by atoms with Crippen LogP contribution in [0.5, 0.6) is 0 Å². The van der Waals surface area contributed by atoms with Crippen LogP contribution >= 0.6 is 0 Å². The smallest absolute Gasteiger partial charge is 0.324 e. The minimum Gasteiger partial charge on any atom is -0.481 e. The van der Waals surface area contributed by atoms with Crippen molar-refractivity contribution in [3.63, 3.8) is 0 Å². The molecule has 0 aromatic rings. The Labute approximate surface area is 112 Å². The summed E-state index contributed by atoms with van der Waals surface area (Å²) in [5, 5.41) is 11.2. The summed E-state index contributed by atoms with van der Waals surface area (Å²) in [7, 11) is 0. The Bertz CT molecular complexity index is 426. The van der Waals surface area contributed by atoms with Gasteiger partial charge in [-0.2, -0.15) is 0 Å². The zero-order valence-corrected chi connectivity index (χ0v) is 11.5. The largest absolute Gasteiger partial charge is 0.481 e. The number of aliphatic carboxylic acids is 1. The number of carbonyl (C=O) groups is 3. The van der Waals surface area contributed by atoms with Crippen molar-refractivity contribution in [1.82, 2.24) is 10.2 Å². The van der Waals surface area contributed by atoms with Crippen LogP contribution in [0.25, 0.3) is 0 Å². The molecular formula is C13H20N2O4. The molecule has 0 aliphatic carbocycles. The van der Waals surface area contributed by atoms with Gasteiger partial charge in [-0.25, -0.2) is 4.79 Å². The van der Waals surface area contributed by atoms with Gasteiger partial charge in [-0.3, -0.25) is 14.9 Å². The van der Waals surface area contributed by atoms with E-state index in [1.807, 2.05) is 6.92 Å². The Balaban J connectivity index is 2.51. The number of carboxylic acids is 1. The van der Waals surface area contributed by atoms with Crippen LogP contribution in [0.2, 0.25) is 0 Å². The van der Waals surface area contributed by atoms with Crippen molar-refractivity contribution in [2.24, 2.45) is 5.41 Å². The summed E-state index contributed by atoms with van der Waals surface area (Å²) in [6.45, 7) is 5.90. The number of hydrogen-bond acceptors (Lipinski definition) is 3. The molecule has 19 heavy (non-hydrogen) atoms. The summed E-state index contributed by atoms with van der Waals surface area (Å²) in [6, 6.07) is -0.460. The Kier molecular flexibility index (Phi) is 4.69. The van der Waals surface area contributed by atoms with Gasteiger partial charge in [0.05, 0.1) is 5.41 Å². The molecule has 3 amide bonds. The second-order valence-corrected chi connectivity index (χ2v) is 5.48. The number of carboxylic acid groups (broad SMARTS) is 1. The first-order chi connectivity index (χ1) is 8.72. The lowest BCUT2D eigenvalue weighted by molar-refractivity contribution is -0.149. The summed E-state index contributed by atoms with van der Waals surface area (Å²) in [4.78, 5) is 35.9. The predicted octanol–water partition coefficient (Wildman–Crippen LogP) is 1.38. The molecule has 1 rings (SSSR count). The molecule has 0 unspecified atom stereocenters. The van der Waals surface area contributed by atoms with Crippen LogP contribution < -0.4 is 5.32 Å². The van der Waals surface area contributed by atoms with Crippen LogP contribution in [0.4, 0.5) is 4.79 Å². The van der Waals surface area contributed by atoms with E-state index in [0.29, 0.717) is 13.1 Å². The lowest BCUT2D eigenvalue weighted by Gasteiger charge is -2.26. The molecule has 2 N–H and O–H groups in total. The molecule has 1 heterocycles. The van der Waals surface area contributed by atoms with E-state index in [-0.39, 0.29) is 6.42 Å². The molecule has 0 radical (unpaired) electrons. The average Bonchev–Trinajstić information content (AvgIpc) is 2.27. The molecular weight excluding hydrogens is 248 g/mol. The van der Waals surface area contributed by atoms with E-state index in [2.05, 4.69) is 11.4 Å². The van der Waals surface area contributed by atoms with Crippen LogP contribution in [-0.2, 0) is 9.59 Å². The van der Waals surface area contributed by atoms with Crippen molar-refractivity contribution >= 4 is 17.9 Å². The number of imide groups is 1. The van der Waals surface area contributed by atoms with Crippen molar-refractivity contribution in [1.29, 1.82) is 0 Å². The maximum atomic E-state index is 11.8. The number of carbonyl (C=O) groups excluding carboxylic acids is 2. The van der Waals surface area contributed by atoms with E-state index < -0.39 is 23.3 Å². The lowest BCUT2D eigenvalue weighted by atomic mass is 9.89. The van der Waals surface area contributed by atoms with Crippen LogP contribution in [0.1, 0.15) is 33.6 Å². The summed E-state index contributed by atoms with van der Waals surface area (Å²) < 4.78 is 0. The van der Waals surface area contributed by atoms with Gasteiger partial charge in [0.2, 0.25) is 5.91 Å². The fraction of sp³-hybridized carbons (Fsp3) is 0.615. The Morgan fingerprint density at radius 2 is 2.05 bits per heavy atom. The molecule has 6 heteroatoms. The molecule has 0 bridgehead atoms. The third kappa shape index (κ3) is 4.39. The molecule has 0 spiro atoms. The van der Waals surface area contributed by atoms with Gasteiger partial charge in [-0.1, -0.05) is 11.6 Å². The van der Waals surface area contributed by atoms with Gasteiger partial charge < -0.3 is 10.0 Å². The van der Waals surface area contributed by atoms with Crippen molar-refractivity contribution in [2.45, 2.75) is 33.6 Å². The number of amides is 3. The molecule has 0 fully saturated rings. The van der Waals surface area contributed by atoms with Gasteiger partial charge in [0.15, 0.2) is 0 Å². The quantitative estimate of drug-likeness (QED) is 0.757. The van der Waals surface area contributed by atoms with Gasteiger partial charge in [-0.05, 0) is 27.2 Å². The summed E-state index contributed by atoms with van der Waals surface area (Å²) in [6.07, 6.45) is 2.60. The van der Waals surface area contributed by atoms with Crippen LogP contribution in [-0.4, -0.2) is 41.0 Å². The van der Waals surface area contributed by atoms with Gasteiger partial charge in [0, 0.05) is 19.5 Å². The monoisotopic (exact) mass is 268 g/mol. The third-order valence-corrected chi connectivity index (χ3v) is 3.05. The van der Waals surface area contributed by atoms with Crippen molar-refractivity contribution < 1.29 is 19.5 Å². The molecule has 0 atom stereocenters. The Morgan fingerprint density at radius 1 is 1.42 bits per heavy atom. The third-order valence-electron chi connectivity index (χ3n) is 3.05. The van der Waals surface area contributed by atoms with E-state index in [1.54, 1.807) is 4.90 Å². The fourth-order valence-corrected chi connectivity index (χ4v) is 1.80. The molecule has 0 saturated heterocycles. The molecule has 0 aromatic carbocycles. The highest BCUT2D eigenvalue weighted by atomic mass is 16.4. The highest BCUT2D eigenvalue weighted by Gasteiger charge is 2.31. The first-order valence-electron chi connectivity index (χ1n) is 6.20. The minimum atomic E-state index is -1.18. The summed E-state index contributed by atoms with van der Waals surface area (Å²) in [5.41, 5.74) is -0.0954. The number of rotatable bonds is 3. The van der Waals surface area contributed by atoms with E-state index in [0.717, 1.165) is 12.0 Å². The molecule has 1 aliphatic rings. The predicted molar refractivity (Wildman–Crippen MR) is 69.5 cm³/mol. The normalized spacial score (nSPS) is 15.7. The highest BCUT2D eigenvalue weighted by Crippen LogP contribution is 2.20. The zero-order valence-electron chi connectivity index (χ0n) is 11.5. The van der Waals surface area contributed by atoms with Crippen LogP contribution in [0, 0.1) is 5.41 Å². The molecule has 1 aliphatic heterocycles. The first-order valence-corrected chi connectivity index (χ1v) is 6.20. The molecule has 0 saturated carbocycles. The van der Waals surface area contributed by atoms with E-state index in [9.17, 15) is 14.4 Å². The van der Waals surface area contributed by atoms with E-state index >= 15 is 0 Å². The minimum absolute atomic E-state index is 0.225. The Morgan fingerprint density at radius 3 is 2.58 bits per heavy atom. The maximum absolute atomic E-state index is 11.8. The molecule has 6 nitrogen and oxygen atoms in total. The van der Waals surface area contributed by atoms with Crippen molar-refractivity contribution in [3.05, 3.63) is 11.6 Å². The number of urea groups is 1. The lowest BCUT2D eigenvalue weighted by Crippen LogP contribution is -2.46. The standard InChI is InChI=1S/C13H20N2O4/c1-9-5-4-6-15(8-9)12(19)14-10(16)7-13(2,3)11(17)18/h5H,4,6-8H2,1-3H3,(H,17,18)(H,14,16,19). The fourth-order valence-electron chi connectivity index (χ4n) is 1.80. The SMILES string of the molecule is CC1=CCCN(C(=O)NC(=O)CC(C)(C)C(=O)O)C1. The van der Waals surface area contributed by atoms with Gasteiger partial charge in [-0.15, -0.1) is 0 Å². The maximum Gasteiger partial charge on any atom is 0.324 e. The summed E-state index contributed by atoms with van der Waals surface area (Å²) in [5.74, 6) is -1.63. The second-order valence-electron chi connectivity index (χ2n) is 5.48. The number of nitrogens with zero attached hydrogens (tertiary/aromatic N) is 1. The van der Waals surface area contributed by atoms with Crippen LogP contribution in [0.3, 0.4) is 0 Å². The van der Waals surface area contributed by atoms with Gasteiger partial charge in [0.25, 0.3) is 0 Å². The van der Waals surface area contributed by atoms with Gasteiger partial charge in [0.1, 0.15) is 0 Å². The van der Waals surface area contributed by atoms with Crippen LogP contribution in [0.15, 0.2) is 11.6 Å². The zero-order chi connectivity index (χ0) is 14.6. The van der Waals surface area contributed by atoms with E-state index in [4.69, 9.17) is 5.11 Å². The summed E-state index contributed by atoms with van der Waals surface area (Å²) >= 11 is 0. The number of hydrogen-bond donors (Lipinski definition) is 2. The van der Waals surface area contributed by atoms with Crippen molar-refractivity contribution in [3.8, 4) is 0 Å². The van der Waals surface area contributed by atoms with Crippen molar-refractivity contribution in [2.75, 3.05) is 13.1 Å². The van der Waals surface area contributed by atoms with Gasteiger partial charge >= 0.3 is 12.0 Å². The average molecular weight is 268 g/mol. The van der Waals surface area contributed by atoms with E-state index in [1.165, 1.54) is 13.8 Å². The molecule has 106 valence electrons.